The summed E-state index contributed by atoms with van der Waals surface area (Å²) in [6.45, 7) is 2.29. The second-order valence-corrected chi connectivity index (χ2v) is 6.49. The molecular formula is C15H19N3S. The summed E-state index contributed by atoms with van der Waals surface area (Å²) in [5.41, 5.74) is 8.52. The van der Waals surface area contributed by atoms with E-state index in [4.69, 9.17) is 10.7 Å². The highest BCUT2D eigenvalue weighted by Crippen LogP contribution is 2.39. The molecule has 0 bridgehead atoms. The standard InChI is InChI=1S/C15H19N3S/c1-11-3-2-6-15(16,9-11)14-18-13(10-19-14)12-4-7-17-8-5-12/h4-5,7-8,10-11H,2-3,6,9,16H2,1H3. The lowest BCUT2D eigenvalue weighted by Crippen LogP contribution is -2.40. The van der Waals surface area contributed by atoms with Gasteiger partial charge in [0.2, 0.25) is 0 Å². The zero-order valence-electron chi connectivity index (χ0n) is 11.2. The molecule has 19 heavy (non-hydrogen) atoms. The molecule has 3 nitrogen and oxygen atoms in total. The Hall–Kier alpha value is -1.26. The van der Waals surface area contributed by atoms with Crippen molar-refractivity contribution in [3.05, 3.63) is 34.9 Å². The van der Waals surface area contributed by atoms with Crippen LogP contribution < -0.4 is 5.73 Å². The Bertz CT molecular complexity index is 552. The van der Waals surface area contributed by atoms with Gasteiger partial charge in [-0.25, -0.2) is 4.98 Å². The van der Waals surface area contributed by atoms with E-state index in [0.717, 1.165) is 29.1 Å². The van der Waals surface area contributed by atoms with Crippen molar-refractivity contribution in [1.29, 1.82) is 0 Å². The molecule has 2 N–H and O–H groups in total. The monoisotopic (exact) mass is 273 g/mol. The van der Waals surface area contributed by atoms with Gasteiger partial charge < -0.3 is 5.73 Å². The molecule has 0 aromatic carbocycles. The largest absolute Gasteiger partial charge is 0.319 e. The topological polar surface area (TPSA) is 51.8 Å². The number of nitrogens with zero attached hydrogens (tertiary/aromatic N) is 2. The second kappa shape index (κ2) is 5.02. The van der Waals surface area contributed by atoms with Crippen LogP contribution >= 0.6 is 11.3 Å². The summed E-state index contributed by atoms with van der Waals surface area (Å²) in [6, 6.07) is 3.98. The number of rotatable bonds is 2. The first-order valence-electron chi connectivity index (χ1n) is 6.83. The first kappa shape index (κ1) is 12.8. The van der Waals surface area contributed by atoms with Gasteiger partial charge in [0.25, 0.3) is 0 Å². The Morgan fingerprint density at radius 3 is 2.89 bits per heavy atom. The fourth-order valence-corrected chi connectivity index (χ4v) is 3.93. The van der Waals surface area contributed by atoms with Gasteiger partial charge in [-0.2, -0.15) is 0 Å². The predicted octanol–water partition coefficient (Wildman–Crippen LogP) is 3.57. The van der Waals surface area contributed by atoms with E-state index in [1.807, 2.05) is 12.1 Å². The SMILES string of the molecule is CC1CCCC(N)(c2nc(-c3ccncc3)cs2)C1. The van der Waals surface area contributed by atoms with Crippen molar-refractivity contribution in [2.24, 2.45) is 11.7 Å². The molecule has 3 rings (SSSR count). The van der Waals surface area contributed by atoms with Gasteiger partial charge in [0.05, 0.1) is 11.2 Å². The van der Waals surface area contributed by atoms with Crippen LogP contribution in [0.3, 0.4) is 0 Å². The number of nitrogens with two attached hydrogens (primary N) is 1. The highest BCUT2D eigenvalue weighted by Gasteiger charge is 2.35. The van der Waals surface area contributed by atoms with E-state index in [1.54, 1.807) is 23.7 Å². The first-order chi connectivity index (χ1) is 9.17. The summed E-state index contributed by atoms with van der Waals surface area (Å²) < 4.78 is 0. The number of pyridine rings is 1. The second-order valence-electron chi connectivity index (χ2n) is 5.63. The Balaban J connectivity index is 1.89. The van der Waals surface area contributed by atoms with Gasteiger partial charge in [0.1, 0.15) is 5.01 Å². The van der Waals surface area contributed by atoms with Crippen LogP contribution in [0.15, 0.2) is 29.9 Å². The van der Waals surface area contributed by atoms with E-state index < -0.39 is 0 Å². The van der Waals surface area contributed by atoms with E-state index in [9.17, 15) is 0 Å². The average molecular weight is 273 g/mol. The van der Waals surface area contributed by atoms with Crippen LogP contribution in [0.1, 0.15) is 37.6 Å². The minimum Gasteiger partial charge on any atom is -0.319 e. The molecule has 2 atom stereocenters. The van der Waals surface area contributed by atoms with Crippen molar-refractivity contribution in [2.45, 2.75) is 38.1 Å². The predicted molar refractivity (Wildman–Crippen MR) is 78.8 cm³/mol. The van der Waals surface area contributed by atoms with Crippen molar-refractivity contribution in [2.75, 3.05) is 0 Å². The van der Waals surface area contributed by atoms with Crippen LogP contribution in [0, 0.1) is 5.92 Å². The van der Waals surface area contributed by atoms with Crippen LogP contribution in [-0.4, -0.2) is 9.97 Å². The fourth-order valence-electron chi connectivity index (χ4n) is 2.94. The summed E-state index contributed by atoms with van der Waals surface area (Å²) in [4.78, 5) is 8.82. The molecule has 1 saturated carbocycles. The summed E-state index contributed by atoms with van der Waals surface area (Å²) >= 11 is 1.70. The van der Waals surface area contributed by atoms with E-state index in [2.05, 4.69) is 17.3 Å². The number of thiazole rings is 1. The first-order valence-corrected chi connectivity index (χ1v) is 7.71. The quantitative estimate of drug-likeness (QED) is 0.910. The summed E-state index contributed by atoms with van der Waals surface area (Å²) in [5.74, 6) is 0.701. The van der Waals surface area contributed by atoms with Crippen molar-refractivity contribution < 1.29 is 0 Å². The van der Waals surface area contributed by atoms with E-state index in [0.29, 0.717) is 5.92 Å². The summed E-state index contributed by atoms with van der Waals surface area (Å²) in [6.07, 6.45) is 8.21. The smallest absolute Gasteiger partial charge is 0.113 e. The van der Waals surface area contributed by atoms with Crippen LogP contribution in [0.25, 0.3) is 11.3 Å². The Labute approximate surface area is 117 Å². The third-order valence-corrected chi connectivity index (χ3v) is 5.00. The summed E-state index contributed by atoms with van der Waals surface area (Å²) in [7, 11) is 0. The third kappa shape index (κ3) is 2.55. The highest BCUT2D eigenvalue weighted by atomic mass is 32.1. The number of aromatic nitrogens is 2. The van der Waals surface area contributed by atoms with Crippen LogP contribution in [-0.2, 0) is 5.54 Å². The van der Waals surface area contributed by atoms with Gasteiger partial charge in [-0.3, -0.25) is 4.98 Å². The number of hydrogen-bond donors (Lipinski definition) is 1. The molecule has 0 amide bonds. The van der Waals surface area contributed by atoms with Crippen LogP contribution in [0.2, 0.25) is 0 Å². The van der Waals surface area contributed by atoms with Crippen LogP contribution in [0.4, 0.5) is 0 Å². The summed E-state index contributed by atoms with van der Waals surface area (Å²) in [5, 5.41) is 3.20. The molecule has 0 aliphatic heterocycles. The normalized spacial score (nSPS) is 27.4. The lowest BCUT2D eigenvalue weighted by Gasteiger charge is -2.35. The van der Waals surface area contributed by atoms with Gasteiger partial charge in [0, 0.05) is 23.3 Å². The molecule has 1 aliphatic rings. The lowest BCUT2D eigenvalue weighted by molar-refractivity contribution is 0.238. The Morgan fingerprint density at radius 1 is 1.37 bits per heavy atom. The van der Waals surface area contributed by atoms with Gasteiger partial charge in [0.15, 0.2) is 0 Å². The molecule has 2 aromatic heterocycles. The minimum absolute atomic E-state index is 0.215. The fraction of sp³-hybridized carbons (Fsp3) is 0.467. The van der Waals surface area contributed by atoms with E-state index >= 15 is 0 Å². The maximum atomic E-state index is 6.60. The van der Waals surface area contributed by atoms with Gasteiger partial charge >= 0.3 is 0 Å². The lowest BCUT2D eigenvalue weighted by atomic mass is 9.77. The molecule has 2 heterocycles. The molecule has 2 unspecified atom stereocenters. The minimum atomic E-state index is -0.215. The molecule has 1 fully saturated rings. The molecule has 0 radical (unpaired) electrons. The molecule has 0 spiro atoms. The molecule has 0 saturated heterocycles. The van der Waals surface area contributed by atoms with Gasteiger partial charge in [-0.15, -0.1) is 11.3 Å². The van der Waals surface area contributed by atoms with Gasteiger partial charge in [-0.05, 0) is 30.9 Å². The Kier molecular flexibility index (Phi) is 3.37. The van der Waals surface area contributed by atoms with Crippen molar-refractivity contribution in [3.63, 3.8) is 0 Å². The Morgan fingerprint density at radius 2 is 2.16 bits per heavy atom. The maximum absolute atomic E-state index is 6.60. The van der Waals surface area contributed by atoms with Gasteiger partial charge in [-0.1, -0.05) is 19.8 Å². The zero-order chi connectivity index (χ0) is 13.3. The van der Waals surface area contributed by atoms with Crippen molar-refractivity contribution >= 4 is 11.3 Å². The van der Waals surface area contributed by atoms with Crippen molar-refractivity contribution in [1.82, 2.24) is 9.97 Å². The highest BCUT2D eigenvalue weighted by molar-refractivity contribution is 7.10. The molecule has 4 heteroatoms. The maximum Gasteiger partial charge on any atom is 0.113 e. The molecule has 1 aliphatic carbocycles. The molecule has 2 aromatic rings. The van der Waals surface area contributed by atoms with Crippen molar-refractivity contribution in [3.8, 4) is 11.3 Å². The third-order valence-electron chi connectivity index (χ3n) is 3.94. The van der Waals surface area contributed by atoms with E-state index in [-0.39, 0.29) is 5.54 Å². The molecular weight excluding hydrogens is 254 g/mol. The average Bonchev–Trinajstić information content (AvgIpc) is 2.90. The number of hydrogen-bond acceptors (Lipinski definition) is 4. The zero-order valence-corrected chi connectivity index (χ0v) is 12.0. The molecule has 100 valence electrons. The van der Waals surface area contributed by atoms with E-state index in [1.165, 1.54) is 12.8 Å². The van der Waals surface area contributed by atoms with Crippen LogP contribution in [0.5, 0.6) is 0 Å².